The number of carbonyl (C=O) groups excluding carboxylic acids is 1. The number of benzene rings is 1. The van der Waals surface area contributed by atoms with E-state index in [1.54, 1.807) is 0 Å². The number of ether oxygens (including phenoxy) is 1. The van der Waals surface area contributed by atoms with Crippen molar-refractivity contribution in [1.82, 2.24) is 14.9 Å². The lowest BCUT2D eigenvalue weighted by Gasteiger charge is -2.41. The maximum atomic E-state index is 11.1. The number of nitrogens with zero attached hydrogens (tertiary/aromatic N) is 3. The van der Waals surface area contributed by atoms with E-state index in [0.717, 1.165) is 56.2 Å². The molecule has 8 heteroatoms. The molecule has 2 aliphatic rings. The average molecular weight is 425 g/mol. The molecule has 4 N–H and O–H groups in total. The SMILES string of the molecule is CC(C)(c1cccc(Nc2ncc(C3CC3)c(NCCC(N)=O)n2)c1)N1CCOCC1. The van der Waals surface area contributed by atoms with Crippen LogP contribution in [0.1, 0.15) is 50.2 Å². The smallest absolute Gasteiger partial charge is 0.229 e. The Morgan fingerprint density at radius 1 is 1.29 bits per heavy atom. The molecule has 0 spiro atoms. The van der Waals surface area contributed by atoms with E-state index in [4.69, 9.17) is 15.5 Å². The molecule has 1 aromatic carbocycles. The zero-order chi connectivity index (χ0) is 21.8. The Balaban J connectivity index is 1.51. The molecule has 2 fully saturated rings. The molecule has 166 valence electrons. The number of anilines is 3. The van der Waals surface area contributed by atoms with Crippen LogP contribution in [0.3, 0.4) is 0 Å². The zero-order valence-corrected chi connectivity index (χ0v) is 18.4. The van der Waals surface area contributed by atoms with Crippen LogP contribution < -0.4 is 16.4 Å². The van der Waals surface area contributed by atoms with Crippen molar-refractivity contribution in [2.24, 2.45) is 5.73 Å². The van der Waals surface area contributed by atoms with E-state index in [1.807, 2.05) is 12.3 Å². The van der Waals surface area contributed by atoms with Crippen molar-refractivity contribution < 1.29 is 9.53 Å². The molecular formula is C23H32N6O2. The van der Waals surface area contributed by atoms with Crippen molar-refractivity contribution in [1.29, 1.82) is 0 Å². The van der Waals surface area contributed by atoms with Crippen molar-refractivity contribution >= 4 is 23.4 Å². The van der Waals surface area contributed by atoms with Crippen molar-refractivity contribution in [2.45, 2.75) is 44.6 Å². The van der Waals surface area contributed by atoms with Gasteiger partial charge in [0.15, 0.2) is 0 Å². The van der Waals surface area contributed by atoms with Gasteiger partial charge in [0.25, 0.3) is 0 Å². The fraction of sp³-hybridized carbons (Fsp3) is 0.522. The number of nitrogens with two attached hydrogens (primary N) is 1. The van der Waals surface area contributed by atoms with E-state index < -0.39 is 0 Å². The van der Waals surface area contributed by atoms with Gasteiger partial charge in [-0.3, -0.25) is 9.69 Å². The minimum atomic E-state index is -0.326. The first-order valence-corrected chi connectivity index (χ1v) is 11.0. The van der Waals surface area contributed by atoms with Crippen LogP contribution in [-0.4, -0.2) is 53.6 Å². The Labute approximate surface area is 183 Å². The lowest BCUT2D eigenvalue weighted by atomic mass is 9.91. The van der Waals surface area contributed by atoms with Gasteiger partial charge in [0.1, 0.15) is 5.82 Å². The largest absolute Gasteiger partial charge is 0.379 e. The first-order valence-electron chi connectivity index (χ1n) is 11.0. The van der Waals surface area contributed by atoms with E-state index in [-0.39, 0.29) is 17.9 Å². The topological polar surface area (TPSA) is 105 Å². The van der Waals surface area contributed by atoms with Crippen LogP contribution >= 0.6 is 0 Å². The number of aromatic nitrogens is 2. The summed E-state index contributed by atoms with van der Waals surface area (Å²) in [7, 11) is 0. The Kier molecular flexibility index (Phi) is 6.38. The van der Waals surface area contributed by atoms with Crippen molar-refractivity contribution in [3.05, 3.63) is 41.6 Å². The summed E-state index contributed by atoms with van der Waals surface area (Å²) >= 11 is 0. The molecule has 0 bridgehead atoms. The third-order valence-electron chi connectivity index (χ3n) is 6.12. The average Bonchev–Trinajstić information content (AvgIpc) is 3.60. The highest BCUT2D eigenvalue weighted by atomic mass is 16.5. The summed E-state index contributed by atoms with van der Waals surface area (Å²) in [5.41, 5.74) is 8.45. The standard InChI is InChI=1S/C23H32N6O2/c1-23(2,29-10-12-31-13-11-29)17-4-3-5-18(14-17)27-22-26-15-19(16-6-7-16)21(28-22)25-9-8-20(24)30/h3-5,14-16H,6-13H2,1-2H3,(H2,24,30)(H2,25,26,27,28). The van der Waals surface area contributed by atoms with Gasteiger partial charge in [-0.2, -0.15) is 4.98 Å². The number of carbonyl (C=O) groups is 1. The van der Waals surface area contributed by atoms with Gasteiger partial charge >= 0.3 is 0 Å². The Hall–Kier alpha value is -2.71. The number of hydrogen-bond acceptors (Lipinski definition) is 7. The van der Waals surface area contributed by atoms with Crippen LogP contribution in [-0.2, 0) is 15.1 Å². The lowest BCUT2D eigenvalue weighted by Crippen LogP contribution is -2.47. The third kappa shape index (κ3) is 5.32. The molecule has 0 radical (unpaired) electrons. The summed E-state index contributed by atoms with van der Waals surface area (Å²) in [6.07, 6.45) is 4.47. The molecule has 1 aliphatic carbocycles. The van der Waals surface area contributed by atoms with Gasteiger partial charge in [0, 0.05) is 49.0 Å². The lowest BCUT2D eigenvalue weighted by molar-refractivity contribution is -0.117. The highest BCUT2D eigenvalue weighted by Gasteiger charge is 2.30. The molecule has 1 amide bonds. The highest BCUT2D eigenvalue weighted by molar-refractivity contribution is 5.74. The van der Waals surface area contributed by atoms with Crippen LogP contribution in [0.15, 0.2) is 30.5 Å². The fourth-order valence-electron chi connectivity index (χ4n) is 4.00. The zero-order valence-electron chi connectivity index (χ0n) is 18.4. The third-order valence-corrected chi connectivity index (χ3v) is 6.12. The molecule has 2 aromatic rings. The number of hydrogen-bond donors (Lipinski definition) is 3. The van der Waals surface area contributed by atoms with Crippen LogP contribution in [0.25, 0.3) is 0 Å². The van der Waals surface area contributed by atoms with Crippen molar-refractivity contribution in [3.63, 3.8) is 0 Å². The van der Waals surface area contributed by atoms with Crippen LogP contribution in [0.2, 0.25) is 0 Å². The first-order chi connectivity index (χ1) is 14.9. The second kappa shape index (κ2) is 9.20. The predicted molar refractivity (Wildman–Crippen MR) is 121 cm³/mol. The van der Waals surface area contributed by atoms with Gasteiger partial charge in [0.05, 0.1) is 13.2 Å². The number of nitrogens with one attached hydrogen (secondary N) is 2. The molecule has 1 saturated carbocycles. The van der Waals surface area contributed by atoms with E-state index >= 15 is 0 Å². The molecular weight excluding hydrogens is 392 g/mol. The van der Waals surface area contributed by atoms with Crippen molar-refractivity contribution in [2.75, 3.05) is 43.5 Å². The van der Waals surface area contributed by atoms with Crippen LogP contribution in [0.4, 0.5) is 17.5 Å². The maximum Gasteiger partial charge on any atom is 0.229 e. The predicted octanol–water partition coefficient (Wildman–Crippen LogP) is 2.95. The monoisotopic (exact) mass is 424 g/mol. The summed E-state index contributed by atoms with van der Waals surface area (Å²) in [6.45, 7) is 8.36. The first kappa shape index (κ1) is 21.5. The molecule has 1 saturated heterocycles. The second-order valence-electron chi connectivity index (χ2n) is 8.78. The molecule has 1 aliphatic heterocycles. The quantitative estimate of drug-likeness (QED) is 0.568. The molecule has 0 unspecified atom stereocenters. The van der Waals surface area contributed by atoms with E-state index in [1.165, 1.54) is 5.56 Å². The highest BCUT2D eigenvalue weighted by Crippen LogP contribution is 2.43. The van der Waals surface area contributed by atoms with Gasteiger partial charge in [0.2, 0.25) is 11.9 Å². The van der Waals surface area contributed by atoms with Crippen LogP contribution in [0.5, 0.6) is 0 Å². The molecule has 8 nitrogen and oxygen atoms in total. The molecule has 1 aromatic heterocycles. The second-order valence-corrected chi connectivity index (χ2v) is 8.78. The molecule has 2 heterocycles. The van der Waals surface area contributed by atoms with E-state index in [0.29, 0.717) is 18.4 Å². The van der Waals surface area contributed by atoms with Gasteiger partial charge in [-0.25, -0.2) is 4.98 Å². The molecule has 0 atom stereocenters. The normalized spacial score (nSPS) is 17.4. The number of primary amides is 1. The summed E-state index contributed by atoms with van der Waals surface area (Å²) in [6, 6.07) is 8.41. The maximum absolute atomic E-state index is 11.1. The van der Waals surface area contributed by atoms with Gasteiger partial charge in [-0.15, -0.1) is 0 Å². The van der Waals surface area contributed by atoms with Gasteiger partial charge in [-0.1, -0.05) is 12.1 Å². The van der Waals surface area contributed by atoms with E-state index in [2.05, 4.69) is 52.6 Å². The molecule has 4 rings (SSSR count). The Morgan fingerprint density at radius 3 is 2.77 bits per heavy atom. The Bertz CT molecular complexity index is 922. The molecule has 31 heavy (non-hydrogen) atoms. The number of rotatable bonds is 9. The minimum Gasteiger partial charge on any atom is -0.379 e. The summed E-state index contributed by atoms with van der Waals surface area (Å²) in [5, 5.41) is 6.61. The van der Waals surface area contributed by atoms with E-state index in [9.17, 15) is 4.79 Å². The number of morpholine rings is 1. The minimum absolute atomic E-state index is 0.0976. The van der Waals surface area contributed by atoms with Crippen molar-refractivity contribution in [3.8, 4) is 0 Å². The summed E-state index contributed by atoms with van der Waals surface area (Å²) in [4.78, 5) is 22.8. The van der Waals surface area contributed by atoms with Crippen LogP contribution in [0, 0.1) is 0 Å². The Morgan fingerprint density at radius 2 is 2.06 bits per heavy atom. The fourth-order valence-corrected chi connectivity index (χ4v) is 4.00. The number of amides is 1. The van der Waals surface area contributed by atoms with Gasteiger partial charge < -0.3 is 21.1 Å². The summed E-state index contributed by atoms with van der Waals surface area (Å²) in [5.74, 6) is 1.49. The van der Waals surface area contributed by atoms with Gasteiger partial charge in [-0.05, 0) is 50.3 Å². The summed E-state index contributed by atoms with van der Waals surface area (Å²) < 4.78 is 5.51.